The Labute approximate surface area is 71.5 Å². The van der Waals surface area contributed by atoms with Gasteiger partial charge in [0, 0.05) is 5.75 Å². The molecule has 12 heavy (non-hydrogen) atoms. The molecule has 0 heterocycles. The minimum absolute atomic E-state index is 0.0298. The Morgan fingerprint density at radius 1 is 1.50 bits per heavy atom. The molecule has 0 aromatic heterocycles. The number of aliphatic carboxylic acids is 1. The molecule has 4 nitrogen and oxygen atoms in total. The van der Waals surface area contributed by atoms with Crippen molar-refractivity contribution in [3.05, 3.63) is 0 Å². The highest BCUT2D eigenvalue weighted by Gasteiger charge is 2.52. The van der Waals surface area contributed by atoms with E-state index in [1.54, 1.807) is 0 Å². The lowest BCUT2D eigenvalue weighted by molar-refractivity contribution is -0.142. The van der Waals surface area contributed by atoms with E-state index in [2.05, 4.69) is 0 Å². The van der Waals surface area contributed by atoms with Gasteiger partial charge in [-0.1, -0.05) is 6.92 Å². The van der Waals surface area contributed by atoms with E-state index in [0.717, 1.165) is 0 Å². The lowest BCUT2D eigenvalue weighted by atomic mass is 10.1. The van der Waals surface area contributed by atoms with Crippen molar-refractivity contribution in [2.24, 2.45) is 5.41 Å². The Bertz CT molecular complexity index is 287. The van der Waals surface area contributed by atoms with Crippen LogP contribution >= 0.6 is 0 Å². The number of hydrogen-bond acceptors (Lipinski definition) is 3. The normalized spacial score (nSPS) is 20.4. The molecule has 0 saturated heterocycles. The second-order valence-electron chi connectivity index (χ2n) is 3.26. The molecule has 0 aliphatic heterocycles. The Morgan fingerprint density at radius 2 is 2.00 bits per heavy atom. The van der Waals surface area contributed by atoms with Crippen LogP contribution in [-0.2, 0) is 14.6 Å². The molecule has 1 N–H and O–H groups in total. The van der Waals surface area contributed by atoms with E-state index in [9.17, 15) is 13.2 Å². The third-order valence-electron chi connectivity index (χ3n) is 2.24. The maximum Gasteiger partial charge on any atom is 0.310 e. The maximum atomic E-state index is 11.1. The molecule has 70 valence electrons. The predicted octanol–water partition coefficient (Wildman–Crippen LogP) is 0.286. The zero-order chi connectivity index (χ0) is 9.41. The van der Waals surface area contributed by atoms with Crippen LogP contribution in [0.4, 0.5) is 0 Å². The van der Waals surface area contributed by atoms with Crippen molar-refractivity contribution in [2.45, 2.75) is 19.8 Å². The zero-order valence-corrected chi connectivity index (χ0v) is 7.73. The zero-order valence-electron chi connectivity index (χ0n) is 6.91. The molecular formula is C7H12O4S. The summed E-state index contributed by atoms with van der Waals surface area (Å²) in [7, 11) is -3.14. The lowest BCUT2D eigenvalue weighted by Gasteiger charge is -2.07. The molecule has 0 aromatic rings. The number of rotatable bonds is 4. The average Bonchev–Trinajstić information content (AvgIpc) is 2.69. The first-order valence-electron chi connectivity index (χ1n) is 3.86. The van der Waals surface area contributed by atoms with Gasteiger partial charge in [0.25, 0.3) is 0 Å². The first-order valence-corrected chi connectivity index (χ1v) is 5.68. The quantitative estimate of drug-likeness (QED) is 0.694. The molecule has 1 aliphatic rings. The molecule has 0 bridgehead atoms. The molecule has 0 amide bonds. The third kappa shape index (κ3) is 1.77. The van der Waals surface area contributed by atoms with Crippen molar-refractivity contribution in [3.63, 3.8) is 0 Å². The highest BCUT2D eigenvalue weighted by molar-refractivity contribution is 7.91. The van der Waals surface area contributed by atoms with Crippen molar-refractivity contribution in [2.75, 3.05) is 11.5 Å². The third-order valence-corrected chi connectivity index (χ3v) is 4.12. The van der Waals surface area contributed by atoms with Gasteiger partial charge in [-0.2, -0.15) is 0 Å². The number of carboxylic acids is 1. The second-order valence-corrected chi connectivity index (χ2v) is 5.62. The number of sulfone groups is 1. The largest absolute Gasteiger partial charge is 0.481 e. The topological polar surface area (TPSA) is 71.4 Å². The second kappa shape index (κ2) is 2.73. The Balaban J connectivity index is 2.70. The van der Waals surface area contributed by atoms with Crippen LogP contribution in [0.2, 0.25) is 0 Å². The van der Waals surface area contributed by atoms with Gasteiger partial charge in [0.1, 0.15) is 0 Å². The number of carbonyl (C=O) groups is 1. The monoisotopic (exact) mass is 192 g/mol. The average molecular weight is 192 g/mol. The summed E-state index contributed by atoms with van der Waals surface area (Å²) in [5, 5.41) is 8.70. The molecule has 0 unspecified atom stereocenters. The van der Waals surface area contributed by atoms with Gasteiger partial charge in [0.15, 0.2) is 9.84 Å². The molecule has 1 saturated carbocycles. The summed E-state index contributed by atoms with van der Waals surface area (Å²) in [4.78, 5) is 10.6. The summed E-state index contributed by atoms with van der Waals surface area (Å²) >= 11 is 0. The summed E-state index contributed by atoms with van der Waals surface area (Å²) in [5.74, 6) is -1.13. The van der Waals surface area contributed by atoms with E-state index in [0.29, 0.717) is 12.8 Å². The van der Waals surface area contributed by atoms with Crippen molar-refractivity contribution in [3.8, 4) is 0 Å². The van der Waals surface area contributed by atoms with Crippen molar-refractivity contribution in [1.82, 2.24) is 0 Å². The minimum Gasteiger partial charge on any atom is -0.481 e. The smallest absolute Gasteiger partial charge is 0.310 e. The molecule has 0 radical (unpaired) electrons. The maximum absolute atomic E-state index is 11.1. The van der Waals surface area contributed by atoms with Gasteiger partial charge < -0.3 is 5.11 Å². The summed E-state index contributed by atoms with van der Waals surface area (Å²) in [6.45, 7) is 1.53. The van der Waals surface area contributed by atoms with Gasteiger partial charge in [-0.15, -0.1) is 0 Å². The van der Waals surface area contributed by atoms with Gasteiger partial charge in [0.05, 0.1) is 11.2 Å². The number of hydrogen-bond donors (Lipinski definition) is 1. The van der Waals surface area contributed by atoms with Crippen LogP contribution in [0.25, 0.3) is 0 Å². The van der Waals surface area contributed by atoms with E-state index in [4.69, 9.17) is 5.11 Å². The van der Waals surface area contributed by atoms with Crippen molar-refractivity contribution >= 4 is 15.8 Å². The van der Waals surface area contributed by atoms with E-state index >= 15 is 0 Å². The highest BCUT2D eigenvalue weighted by atomic mass is 32.2. The standard InChI is InChI=1S/C7H12O4S/c1-2-12(10,11)5-7(3-4-7)6(8)9/h2-5H2,1H3,(H,8,9). The fraction of sp³-hybridized carbons (Fsp3) is 0.857. The van der Waals surface area contributed by atoms with Crippen molar-refractivity contribution in [1.29, 1.82) is 0 Å². The summed E-state index contributed by atoms with van der Waals surface area (Å²) in [5.41, 5.74) is -0.936. The molecule has 1 fully saturated rings. The van der Waals surface area contributed by atoms with Crippen LogP contribution in [0.3, 0.4) is 0 Å². The Kier molecular flexibility index (Phi) is 2.16. The molecule has 0 atom stereocenters. The van der Waals surface area contributed by atoms with Gasteiger partial charge in [-0.05, 0) is 12.8 Å². The van der Waals surface area contributed by atoms with E-state index in [1.807, 2.05) is 0 Å². The first kappa shape index (κ1) is 9.51. The van der Waals surface area contributed by atoms with Gasteiger partial charge in [-0.3, -0.25) is 4.79 Å². The number of carboxylic acid groups (broad SMARTS) is 1. The van der Waals surface area contributed by atoms with Gasteiger partial charge in [-0.25, -0.2) is 8.42 Å². The predicted molar refractivity (Wildman–Crippen MR) is 43.6 cm³/mol. The van der Waals surface area contributed by atoms with Crippen LogP contribution in [-0.4, -0.2) is 31.0 Å². The van der Waals surface area contributed by atoms with Gasteiger partial charge in [0.2, 0.25) is 0 Å². The summed E-state index contributed by atoms with van der Waals surface area (Å²) in [6, 6.07) is 0. The molecular weight excluding hydrogens is 180 g/mol. The fourth-order valence-electron chi connectivity index (χ4n) is 1.09. The van der Waals surface area contributed by atoms with Crippen LogP contribution in [0, 0.1) is 5.41 Å². The lowest BCUT2D eigenvalue weighted by Crippen LogP contribution is -2.26. The van der Waals surface area contributed by atoms with Crippen LogP contribution in [0.15, 0.2) is 0 Å². The summed E-state index contributed by atoms with van der Waals surface area (Å²) in [6.07, 6.45) is 1.00. The molecule has 1 rings (SSSR count). The Morgan fingerprint density at radius 3 is 2.25 bits per heavy atom. The van der Waals surface area contributed by atoms with E-state index in [1.165, 1.54) is 6.92 Å². The summed E-state index contributed by atoms with van der Waals surface area (Å²) < 4.78 is 22.2. The van der Waals surface area contributed by atoms with Gasteiger partial charge >= 0.3 is 5.97 Å². The van der Waals surface area contributed by atoms with Crippen molar-refractivity contribution < 1.29 is 18.3 Å². The fourth-order valence-corrected chi connectivity index (χ4v) is 2.55. The van der Waals surface area contributed by atoms with Crippen LogP contribution in [0.5, 0.6) is 0 Å². The van der Waals surface area contributed by atoms with Crippen LogP contribution < -0.4 is 0 Å². The minimum atomic E-state index is -3.14. The first-order chi connectivity index (χ1) is 5.42. The molecule has 1 aliphatic carbocycles. The Hall–Kier alpha value is -0.580. The van der Waals surface area contributed by atoms with E-state index < -0.39 is 21.2 Å². The molecule has 0 spiro atoms. The highest BCUT2D eigenvalue weighted by Crippen LogP contribution is 2.46. The SMILES string of the molecule is CCS(=O)(=O)CC1(C(=O)O)CC1. The molecule has 0 aromatic carbocycles. The van der Waals surface area contributed by atoms with Crippen LogP contribution in [0.1, 0.15) is 19.8 Å². The molecule has 5 heteroatoms. The van der Waals surface area contributed by atoms with E-state index in [-0.39, 0.29) is 11.5 Å².